The maximum absolute atomic E-state index is 12.3. The molecule has 3 N–H and O–H groups in total. The second kappa shape index (κ2) is 5.75. The van der Waals surface area contributed by atoms with Gasteiger partial charge in [0.05, 0.1) is 11.1 Å². The predicted molar refractivity (Wildman–Crippen MR) is 73.8 cm³/mol. The number of para-hydroxylation sites is 2. The van der Waals surface area contributed by atoms with E-state index in [0.717, 1.165) is 0 Å². The van der Waals surface area contributed by atoms with Crippen LogP contribution in [0, 0.1) is 5.41 Å². The third-order valence-electron chi connectivity index (χ3n) is 3.53. The Morgan fingerprint density at radius 1 is 1.25 bits per heavy atom. The Hall–Kier alpha value is -1.69. The van der Waals surface area contributed by atoms with Gasteiger partial charge in [-0.25, -0.2) is 0 Å². The number of benzene rings is 1. The minimum Gasteiger partial charge on any atom is -0.433 e. The molecular formula is C14H20F2N2O2. The van der Waals surface area contributed by atoms with Gasteiger partial charge in [0.2, 0.25) is 5.91 Å². The van der Waals surface area contributed by atoms with Gasteiger partial charge in [0.1, 0.15) is 5.75 Å². The fourth-order valence-corrected chi connectivity index (χ4v) is 1.34. The van der Waals surface area contributed by atoms with E-state index < -0.39 is 17.6 Å². The van der Waals surface area contributed by atoms with Gasteiger partial charge < -0.3 is 15.8 Å². The van der Waals surface area contributed by atoms with Crippen LogP contribution in [0.25, 0.3) is 0 Å². The summed E-state index contributed by atoms with van der Waals surface area (Å²) in [5.41, 5.74) is 4.51. The largest absolute Gasteiger partial charge is 0.433 e. The van der Waals surface area contributed by atoms with Gasteiger partial charge in [-0.2, -0.15) is 8.78 Å². The first-order valence-electron chi connectivity index (χ1n) is 6.20. The van der Waals surface area contributed by atoms with E-state index in [-0.39, 0.29) is 17.3 Å². The van der Waals surface area contributed by atoms with Crippen molar-refractivity contribution < 1.29 is 18.3 Å². The Bertz CT molecular complexity index is 482. The molecule has 0 aliphatic heterocycles. The molecule has 0 spiro atoms. The summed E-state index contributed by atoms with van der Waals surface area (Å²) in [6.45, 7) is 3.90. The summed E-state index contributed by atoms with van der Waals surface area (Å²) in [6.07, 6.45) is 0. The maximum atomic E-state index is 12.3. The van der Waals surface area contributed by atoms with E-state index in [2.05, 4.69) is 10.1 Å². The van der Waals surface area contributed by atoms with Gasteiger partial charge in [0.25, 0.3) is 0 Å². The molecule has 0 saturated heterocycles. The predicted octanol–water partition coefficient (Wildman–Crippen LogP) is 2.99. The number of rotatable bonds is 5. The molecule has 4 nitrogen and oxygen atoms in total. The fraction of sp³-hybridized carbons (Fsp3) is 0.500. The van der Waals surface area contributed by atoms with Crippen molar-refractivity contribution in [3.05, 3.63) is 24.3 Å². The standard InChI is InChI=1S/C14H20F2N2O2/c1-13(2,14(3,4)17)11(19)18-9-7-5-6-8-10(9)20-12(15)16/h5-8,12H,17H2,1-4H3,(H,18,19). The summed E-state index contributed by atoms with van der Waals surface area (Å²) in [6, 6.07) is 6.03. The minimum atomic E-state index is -2.95. The molecule has 0 fully saturated rings. The van der Waals surface area contributed by atoms with Crippen molar-refractivity contribution in [1.82, 2.24) is 0 Å². The van der Waals surface area contributed by atoms with Crippen molar-refractivity contribution in [3.63, 3.8) is 0 Å². The fourth-order valence-electron chi connectivity index (χ4n) is 1.34. The van der Waals surface area contributed by atoms with Gasteiger partial charge in [-0.3, -0.25) is 4.79 Å². The third kappa shape index (κ3) is 3.66. The number of nitrogens with one attached hydrogen (secondary N) is 1. The van der Waals surface area contributed by atoms with Crippen molar-refractivity contribution in [2.24, 2.45) is 11.1 Å². The second-order valence-corrected chi connectivity index (χ2v) is 5.68. The Balaban J connectivity index is 2.97. The molecule has 0 atom stereocenters. The highest BCUT2D eigenvalue weighted by atomic mass is 19.3. The molecule has 6 heteroatoms. The zero-order valence-corrected chi connectivity index (χ0v) is 12.0. The van der Waals surface area contributed by atoms with Crippen molar-refractivity contribution >= 4 is 11.6 Å². The first kappa shape index (κ1) is 16.4. The Labute approximate surface area is 117 Å². The highest BCUT2D eigenvalue weighted by Gasteiger charge is 2.40. The summed E-state index contributed by atoms with van der Waals surface area (Å²) < 4.78 is 29.0. The zero-order chi connectivity index (χ0) is 15.6. The van der Waals surface area contributed by atoms with Crippen LogP contribution in [0.1, 0.15) is 27.7 Å². The molecule has 0 unspecified atom stereocenters. The Kier molecular flexibility index (Phi) is 4.70. The summed E-state index contributed by atoms with van der Waals surface area (Å²) in [5, 5.41) is 2.59. The molecule has 20 heavy (non-hydrogen) atoms. The van der Waals surface area contributed by atoms with Gasteiger partial charge in [-0.1, -0.05) is 12.1 Å². The molecule has 1 aromatic rings. The molecule has 112 valence electrons. The average Bonchev–Trinajstić information content (AvgIpc) is 2.29. The van der Waals surface area contributed by atoms with E-state index in [1.165, 1.54) is 12.1 Å². The molecular weight excluding hydrogens is 266 g/mol. The number of carbonyl (C=O) groups excluding carboxylic acids is 1. The summed E-state index contributed by atoms with van der Waals surface area (Å²) in [7, 11) is 0. The van der Waals surface area contributed by atoms with Gasteiger partial charge in [0.15, 0.2) is 0 Å². The van der Waals surface area contributed by atoms with Crippen molar-refractivity contribution in [3.8, 4) is 5.75 Å². The summed E-state index contributed by atoms with van der Waals surface area (Å²) in [5.74, 6) is -0.447. The summed E-state index contributed by atoms with van der Waals surface area (Å²) in [4.78, 5) is 12.3. The molecule has 1 aromatic carbocycles. The summed E-state index contributed by atoms with van der Waals surface area (Å²) >= 11 is 0. The zero-order valence-electron chi connectivity index (χ0n) is 12.0. The lowest BCUT2D eigenvalue weighted by atomic mass is 9.74. The van der Waals surface area contributed by atoms with Gasteiger partial charge in [0, 0.05) is 5.54 Å². The highest BCUT2D eigenvalue weighted by Crippen LogP contribution is 2.32. The normalized spacial score (nSPS) is 12.4. The van der Waals surface area contributed by atoms with E-state index in [0.29, 0.717) is 0 Å². The molecule has 0 radical (unpaired) electrons. The molecule has 0 aliphatic carbocycles. The monoisotopic (exact) mass is 286 g/mol. The van der Waals surface area contributed by atoms with Crippen LogP contribution in [-0.2, 0) is 4.79 Å². The van der Waals surface area contributed by atoms with Crippen molar-refractivity contribution in [2.45, 2.75) is 39.8 Å². The number of hydrogen-bond donors (Lipinski definition) is 2. The number of ether oxygens (including phenoxy) is 1. The first-order chi connectivity index (χ1) is 9.05. The SMILES string of the molecule is CC(C)(N)C(C)(C)C(=O)Nc1ccccc1OC(F)F. The lowest BCUT2D eigenvalue weighted by Gasteiger charge is -2.37. The van der Waals surface area contributed by atoms with Gasteiger partial charge in [-0.05, 0) is 39.8 Å². The molecule has 1 amide bonds. The maximum Gasteiger partial charge on any atom is 0.387 e. The first-order valence-corrected chi connectivity index (χ1v) is 6.20. The number of amides is 1. The Morgan fingerprint density at radius 2 is 1.80 bits per heavy atom. The van der Waals surface area contributed by atoms with E-state index in [1.807, 2.05) is 0 Å². The van der Waals surface area contributed by atoms with E-state index in [9.17, 15) is 13.6 Å². The topological polar surface area (TPSA) is 64.4 Å². The van der Waals surface area contributed by atoms with Crippen molar-refractivity contribution in [2.75, 3.05) is 5.32 Å². The number of anilines is 1. The molecule has 0 saturated carbocycles. The molecule has 0 heterocycles. The van der Waals surface area contributed by atoms with Crippen LogP contribution >= 0.6 is 0 Å². The smallest absolute Gasteiger partial charge is 0.387 e. The van der Waals surface area contributed by atoms with Crippen molar-refractivity contribution in [1.29, 1.82) is 0 Å². The lowest BCUT2D eigenvalue weighted by molar-refractivity contribution is -0.126. The van der Waals surface area contributed by atoms with Crippen LogP contribution in [0.15, 0.2) is 24.3 Å². The molecule has 1 rings (SSSR count). The average molecular weight is 286 g/mol. The van der Waals surface area contributed by atoms with E-state index >= 15 is 0 Å². The number of halogens is 2. The van der Waals surface area contributed by atoms with E-state index in [4.69, 9.17) is 5.73 Å². The lowest BCUT2D eigenvalue weighted by Crippen LogP contribution is -2.53. The number of nitrogens with two attached hydrogens (primary N) is 1. The van der Waals surface area contributed by atoms with Gasteiger partial charge >= 0.3 is 6.61 Å². The van der Waals surface area contributed by atoms with Crippen LogP contribution in [-0.4, -0.2) is 18.1 Å². The van der Waals surface area contributed by atoms with Crippen LogP contribution in [0.2, 0.25) is 0 Å². The Morgan fingerprint density at radius 3 is 2.30 bits per heavy atom. The van der Waals surface area contributed by atoms with Crippen LogP contribution in [0.5, 0.6) is 5.75 Å². The van der Waals surface area contributed by atoms with Crippen LogP contribution < -0.4 is 15.8 Å². The third-order valence-corrected chi connectivity index (χ3v) is 3.53. The number of carbonyl (C=O) groups is 1. The quantitative estimate of drug-likeness (QED) is 0.874. The van der Waals surface area contributed by atoms with Crippen LogP contribution in [0.3, 0.4) is 0 Å². The van der Waals surface area contributed by atoms with E-state index in [1.54, 1.807) is 39.8 Å². The second-order valence-electron chi connectivity index (χ2n) is 5.68. The molecule has 0 aliphatic rings. The molecule has 0 bridgehead atoms. The number of hydrogen-bond acceptors (Lipinski definition) is 3. The minimum absolute atomic E-state index is 0.0820. The highest BCUT2D eigenvalue weighted by molar-refractivity contribution is 5.96. The van der Waals surface area contributed by atoms with Crippen LogP contribution in [0.4, 0.5) is 14.5 Å². The van der Waals surface area contributed by atoms with Gasteiger partial charge in [-0.15, -0.1) is 0 Å². The molecule has 0 aromatic heterocycles. The number of alkyl halides is 2.